The van der Waals surface area contributed by atoms with Gasteiger partial charge in [-0.2, -0.15) is 4.98 Å². The number of Topliss-reactive ketones (excluding diaryl/α,β-unsaturated/α-hetero) is 1. The quantitative estimate of drug-likeness (QED) is 0.187. The van der Waals surface area contributed by atoms with Gasteiger partial charge >= 0.3 is 17.6 Å². The zero-order valence-electron chi connectivity index (χ0n) is 22.6. The van der Waals surface area contributed by atoms with Crippen molar-refractivity contribution < 1.29 is 53.5 Å². The number of thioether (sulfide) groups is 1. The largest absolute Gasteiger partial charge is 0.481 e. The number of alkyl halides is 1. The number of aromatic nitrogens is 2. The summed E-state index contributed by atoms with van der Waals surface area (Å²) in [5.41, 5.74) is 10.1. The van der Waals surface area contributed by atoms with Crippen molar-refractivity contribution in [3.8, 4) is 0 Å². The molecule has 16 nitrogen and oxygen atoms in total. The highest BCUT2D eigenvalue weighted by Gasteiger charge is 2.40. The predicted molar refractivity (Wildman–Crippen MR) is 144 cm³/mol. The fourth-order valence-electron chi connectivity index (χ4n) is 3.72. The van der Waals surface area contributed by atoms with Crippen molar-refractivity contribution in [3.05, 3.63) is 34.5 Å². The van der Waals surface area contributed by atoms with Crippen molar-refractivity contribution in [3.63, 3.8) is 0 Å². The Morgan fingerprint density at radius 2 is 1.88 bits per heavy atom. The smallest absolute Gasteiger partial charge is 0.351 e. The molecule has 1 aromatic rings. The third-order valence-corrected chi connectivity index (χ3v) is 7.17. The molecule has 0 radical (unpaired) electrons. The molecule has 4 rings (SSSR count). The standard InChI is InChI=1S/C11H14FNO4.C8H11N3O3S.C5H9NO4/c1-6-4-13(10(16)3-8(6)15)11-2-7(12)9(5-14)17-11;9-5-1-2-11(8(13)10-5)6-4-15-7(3-12)14-6;6-3(5(9)10)1-2-4(7)8/h4,7,9,11,14H,2-3,5H2,1H3;1-2,6-7,12H,3-4H2,(H2,9,10,13);3H,1-2,6H2,(H,7,8)(H,9,10)/t;6-,7+;/m.0./s1. The van der Waals surface area contributed by atoms with Crippen LogP contribution in [0.5, 0.6) is 0 Å². The normalized spacial score (nSPS) is 26.0. The average molecular weight is 620 g/mol. The number of carbonyl (C=O) groups excluding carboxylic acids is 2. The Morgan fingerprint density at radius 3 is 2.40 bits per heavy atom. The molecule has 18 heteroatoms. The van der Waals surface area contributed by atoms with Gasteiger partial charge in [0.05, 0.1) is 19.6 Å². The molecule has 2 saturated heterocycles. The van der Waals surface area contributed by atoms with Gasteiger partial charge in [0, 0.05) is 36.6 Å². The van der Waals surface area contributed by atoms with Crippen LogP contribution in [0.1, 0.15) is 38.8 Å². The minimum Gasteiger partial charge on any atom is -0.481 e. The number of hydrogen-bond acceptors (Lipinski definition) is 13. The van der Waals surface area contributed by atoms with E-state index in [1.165, 1.54) is 27.4 Å². The number of aliphatic hydroxyl groups excluding tert-OH is 2. The van der Waals surface area contributed by atoms with Gasteiger partial charge in [-0.05, 0) is 19.4 Å². The number of carboxylic acids is 2. The summed E-state index contributed by atoms with van der Waals surface area (Å²) < 4.78 is 25.4. The van der Waals surface area contributed by atoms with Crippen molar-refractivity contribution in [2.24, 2.45) is 5.73 Å². The zero-order valence-corrected chi connectivity index (χ0v) is 23.4. The van der Waals surface area contributed by atoms with E-state index in [9.17, 15) is 28.4 Å². The SMILES string of the molecule is CC1=CN(C2CC(F)C(CO)O2)C(=O)CC1=O.NC(CCC(=O)O)C(=O)O.Nc1ccn([C@@H]2CS[C@H](CO)O2)c(=O)n1. The van der Waals surface area contributed by atoms with Crippen molar-refractivity contribution in [1.29, 1.82) is 0 Å². The summed E-state index contributed by atoms with van der Waals surface area (Å²) in [7, 11) is 0. The van der Waals surface area contributed by atoms with E-state index in [1.807, 2.05) is 0 Å². The lowest BCUT2D eigenvalue weighted by Crippen LogP contribution is -2.40. The monoisotopic (exact) mass is 619 g/mol. The molecule has 1 aromatic heterocycles. The number of nitrogen functional groups attached to an aromatic ring is 1. The van der Waals surface area contributed by atoms with E-state index in [0.717, 1.165) is 0 Å². The third-order valence-electron chi connectivity index (χ3n) is 6.06. The summed E-state index contributed by atoms with van der Waals surface area (Å²) in [5.74, 6) is -1.99. The molecule has 0 aromatic carbocycles. The Bertz CT molecular complexity index is 1220. The number of aliphatic hydroxyl groups is 2. The molecule has 4 unspecified atom stereocenters. The molecule has 6 atom stereocenters. The number of nitrogens with two attached hydrogens (primary N) is 2. The highest BCUT2D eigenvalue weighted by molar-refractivity contribution is 8.00. The van der Waals surface area contributed by atoms with E-state index >= 15 is 0 Å². The lowest BCUT2D eigenvalue weighted by molar-refractivity contribution is -0.144. The molecular formula is C24H34FN5O11S. The number of ether oxygens (including phenoxy) is 2. The van der Waals surface area contributed by atoms with Crippen LogP contribution >= 0.6 is 11.8 Å². The first-order valence-electron chi connectivity index (χ1n) is 12.6. The summed E-state index contributed by atoms with van der Waals surface area (Å²) in [5, 5.41) is 34.0. The lowest BCUT2D eigenvalue weighted by atomic mass is 10.1. The van der Waals surface area contributed by atoms with Gasteiger partial charge in [-0.25, -0.2) is 9.18 Å². The second-order valence-electron chi connectivity index (χ2n) is 9.23. The van der Waals surface area contributed by atoms with E-state index in [4.69, 9.17) is 41.4 Å². The van der Waals surface area contributed by atoms with E-state index in [-0.39, 0.29) is 55.6 Å². The maximum absolute atomic E-state index is 13.4. The maximum atomic E-state index is 13.4. The summed E-state index contributed by atoms with van der Waals surface area (Å²) >= 11 is 1.47. The molecule has 42 heavy (non-hydrogen) atoms. The van der Waals surface area contributed by atoms with E-state index in [0.29, 0.717) is 11.3 Å². The van der Waals surface area contributed by atoms with Crippen LogP contribution in [0.2, 0.25) is 0 Å². The molecule has 1 amide bonds. The van der Waals surface area contributed by atoms with Gasteiger partial charge in [-0.3, -0.25) is 28.6 Å². The fraction of sp³-hybridized carbons (Fsp3) is 0.583. The Balaban J connectivity index is 0.000000228. The first-order valence-corrected chi connectivity index (χ1v) is 13.7. The van der Waals surface area contributed by atoms with Crippen molar-refractivity contribution >= 4 is 41.2 Å². The number of hydrogen-bond donors (Lipinski definition) is 6. The number of aliphatic carboxylic acids is 2. The van der Waals surface area contributed by atoms with Crippen molar-refractivity contribution in [1.82, 2.24) is 14.5 Å². The van der Waals surface area contributed by atoms with Crippen molar-refractivity contribution in [2.75, 3.05) is 24.7 Å². The topological polar surface area (TPSA) is 258 Å². The van der Waals surface area contributed by atoms with Crippen LogP contribution in [-0.4, -0.2) is 107 Å². The predicted octanol–water partition coefficient (Wildman–Crippen LogP) is -1.19. The van der Waals surface area contributed by atoms with Crippen LogP contribution < -0.4 is 17.2 Å². The summed E-state index contributed by atoms with van der Waals surface area (Å²) in [6, 6.07) is 0.484. The molecule has 2 fully saturated rings. The first kappa shape index (κ1) is 34.8. The van der Waals surface area contributed by atoms with Gasteiger partial charge in [0.25, 0.3) is 0 Å². The van der Waals surface area contributed by atoms with Crippen LogP contribution in [0.4, 0.5) is 10.2 Å². The minimum absolute atomic E-state index is 0.0228. The second kappa shape index (κ2) is 16.3. The van der Waals surface area contributed by atoms with E-state index < -0.39 is 54.7 Å². The number of carbonyl (C=O) groups is 4. The average Bonchev–Trinajstić information content (AvgIpc) is 3.56. The Morgan fingerprint density at radius 1 is 1.19 bits per heavy atom. The van der Waals surface area contributed by atoms with Gasteiger partial charge in [-0.15, -0.1) is 11.8 Å². The number of nitrogens with zero attached hydrogens (tertiary/aromatic N) is 3. The molecule has 0 aliphatic carbocycles. The number of amides is 1. The first-order chi connectivity index (χ1) is 19.8. The number of rotatable bonds is 8. The van der Waals surface area contributed by atoms with E-state index in [1.54, 1.807) is 19.2 Å². The molecule has 4 heterocycles. The second-order valence-corrected chi connectivity index (χ2v) is 10.4. The molecule has 0 bridgehead atoms. The van der Waals surface area contributed by atoms with Gasteiger partial charge in [-0.1, -0.05) is 0 Å². The summed E-state index contributed by atoms with van der Waals surface area (Å²) in [6.07, 6.45) is -0.731. The molecule has 3 aliphatic heterocycles. The number of anilines is 1. The fourth-order valence-corrected chi connectivity index (χ4v) is 4.65. The molecule has 8 N–H and O–H groups in total. The van der Waals surface area contributed by atoms with Crippen LogP contribution in [0.15, 0.2) is 28.8 Å². The highest BCUT2D eigenvalue weighted by Crippen LogP contribution is 2.30. The van der Waals surface area contributed by atoms with Gasteiger partial charge < -0.3 is 41.4 Å². The lowest BCUT2D eigenvalue weighted by Gasteiger charge is -2.28. The Hall–Kier alpha value is -3.42. The zero-order chi connectivity index (χ0) is 31.6. The molecule has 0 spiro atoms. The van der Waals surface area contributed by atoms with Gasteiger partial charge in [0.15, 0.2) is 5.78 Å². The number of ketones is 1. The van der Waals surface area contributed by atoms with E-state index in [2.05, 4.69) is 4.98 Å². The van der Waals surface area contributed by atoms with Crippen LogP contribution in [0.25, 0.3) is 0 Å². The third kappa shape index (κ3) is 10.1. The van der Waals surface area contributed by atoms with Crippen LogP contribution in [0, 0.1) is 0 Å². The molecule has 234 valence electrons. The van der Waals surface area contributed by atoms with Crippen molar-refractivity contribution in [2.45, 2.75) is 68.8 Å². The summed E-state index contributed by atoms with van der Waals surface area (Å²) in [6.45, 7) is 1.13. The molecular weight excluding hydrogens is 585 g/mol. The Labute approximate surface area is 243 Å². The molecule has 3 aliphatic rings. The highest BCUT2D eigenvalue weighted by atomic mass is 32.2. The number of halogens is 1. The molecule has 0 saturated carbocycles. The van der Waals surface area contributed by atoms with Crippen LogP contribution in [-0.2, 0) is 28.7 Å². The number of carboxylic acid groups (broad SMARTS) is 2. The van der Waals surface area contributed by atoms with Crippen LogP contribution in [0.3, 0.4) is 0 Å². The maximum Gasteiger partial charge on any atom is 0.351 e. The Kier molecular flexibility index (Phi) is 13.5. The minimum atomic E-state index is -1.29. The van der Waals surface area contributed by atoms with Gasteiger partial charge in [0.2, 0.25) is 5.91 Å². The van der Waals surface area contributed by atoms with Gasteiger partial charge in [0.1, 0.15) is 42.0 Å². The number of allylic oxidation sites excluding steroid dienone is 1. The summed E-state index contributed by atoms with van der Waals surface area (Å²) in [4.78, 5) is 59.1.